The zero-order chi connectivity index (χ0) is 13.7. The lowest BCUT2D eigenvalue weighted by atomic mass is 10.0. The lowest BCUT2D eigenvalue weighted by molar-refractivity contribution is -0.132. The summed E-state index contributed by atoms with van der Waals surface area (Å²) in [5, 5.41) is 3.30. The van der Waals surface area contributed by atoms with Crippen molar-refractivity contribution >= 4 is 5.91 Å². The second kappa shape index (κ2) is 6.66. The molecule has 104 valence electrons. The van der Waals surface area contributed by atoms with Gasteiger partial charge in [-0.3, -0.25) is 4.79 Å². The first-order valence-corrected chi connectivity index (χ1v) is 6.87. The molecule has 0 bridgehead atoms. The SMILES string of the molecule is CN(C(=O)CCc1ccc(F)cc1)C1CCNCC1. The van der Waals surface area contributed by atoms with E-state index in [9.17, 15) is 9.18 Å². The first kappa shape index (κ1) is 14.0. The number of hydrogen-bond acceptors (Lipinski definition) is 2. The smallest absolute Gasteiger partial charge is 0.222 e. The summed E-state index contributed by atoms with van der Waals surface area (Å²) in [6, 6.07) is 6.73. The highest BCUT2D eigenvalue weighted by Crippen LogP contribution is 2.12. The Morgan fingerprint density at radius 1 is 1.32 bits per heavy atom. The molecular weight excluding hydrogens is 243 g/mol. The minimum atomic E-state index is -0.234. The van der Waals surface area contributed by atoms with Gasteiger partial charge in [0.25, 0.3) is 0 Å². The molecule has 4 heteroatoms. The predicted octanol–water partition coefficient (Wildman–Crippen LogP) is 1.97. The Morgan fingerprint density at radius 3 is 2.58 bits per heavy atom. The number of nitrogens with one attached hydrogen (secondary N) is 1. The molecule has 1 aromatic rings. The molecule has 1 aromatic carbocycles. The van der Waals surface area contributed by atoms with E-state index in [1.807, 2.05) is 11.9 Å². The number of piperidine rings is 1. The van der Waals surface area contributed by atoms with Crippen LogP contribution in [0, 0.1) is 5.82 Å². The fraction of sp³-hybridized carbons (Fsp3) is 0.533. The molecule has 0 aliphatic carbocycles. The summed E-state index contributed by atoms with van der Waals surface area (Å²) in [7, 11) is 1.89. The largest absolute Gasteiger partial charge is 0.343 e. The van der Waals surface area contributed by atoms with E-state index in [-0.39, 0.29) is 11.7 Å². The Hall–Kier alpha value is -1.42. The summed E-state index contributed by atoms with van der Waals surface area (Å²) in [6.45, 7) is 1.97. The van der Waals surface area contributed by atoms with Crippen LogP contribution in [-0.4, -0.2) is 37.0 Å². The standard InChI is InChI=1S/C15H21FN2O/c1-18(14-8-10-17-11-9-14)15(19)7-4-12-2-5-13(16)6-3-12/h2-3,5-6,14,17H,4,7-11H2,1H3. The van der Waals surface area contributed by atoms with Crippen LogP contribution in [-0.2, 0) is 11.2 Å². The molecule has 1 heterocycles. The molecule has 1 aliphatic rings. The summed E-state index contributed by atoms with van der Waals surface area (Å²) in [5.74, 6) is -0.0573. The normalized spacial score (nSPS) is 16.3. The van der Waals surface area contributed by atoms with Gasteiger partial charge in [-0.2, -0.15) is 0 Å². The van der Waals surface area contributed by atoms with Crippen molar-refractivity contribution in [2.75, 3.05) is 20.1 Å². The first-order chi connectivity index (χ1) is 9.16. The number of aryl methyl sites for hydroxylation is 1. The number of benzene rings is 1. The van der Waals surface area contributed by atoms with Crippen LogP contribution in [0.5, 0.6) is 0 Å². The molecule has 1 fully saturated rings. The lowest BCUT2D eigenvalue weighted by Crippen LogP contribution is -2.44. The van der Waals surface area contributed by atoms with Gasteiger partial charge in [-0.15, -0.1) is 0 Å². The second-order valence-corrected chi connectivity index (χ2v) is 5.11. The average Bonchev–Trinajstić information content (AvgIpc) is 2.46. The van der Waals surface area contributed by atoms with Gasteiger partial charge in [-0.1, -0.05) is 12.1 Å². The van der Waals surface area contributed by atoms with Crippen LogP contribution in [0.3, 0.4) is 0 Å². The highest BCUT2D eigenvalue weighted by atomic mass is 19.1. The number of hydrogen-bond donors (Lipinski definition) is 1. The molecule has 0 unspecified atom stereocenters. The van der Waals surface area contributed by atoms with Gasteiger partial charge in [0.15, 0.2) is 0 Å². The average molecular weight is 264 g/mol. The summed E-state index contributed by atoms with van der Waals surface area (Å²) in [6.07, 6.45) is 3.22. The number of carbonyl (C=O) groups excluding carboxylic acids is 1. The van der Waals surface area contributed by atoms with E-state index in [1.165, 1.54) is 12.1 Å². The highest BCUT2D eigenvalue weighted by molar-refractivity contribution is 5.76. The lowest BCUT2D eigenvalue weighted by Gasteiger charge is -2.31. The minimum absolute atomic E-state index is 0.177. The predicted molar refractivity (Wildman–Crippen MR) is 73.4 cm³/mol. The van der Waals surface area contributed by atoms with E-state index in [0.29, 0.717) is 18.9 Å². The fourth-order valence-corrected chi connectivity index (χ4v) is 2.48. The molecule has 3 nitrogen and oxygen atoms in total. The molecule has 1 N–H and O–H groups in total. The van der Waals surface area contributed by atoms with E-state index in [2.05, 4.69) is 5.32 Å². The summed E-state index contributed by atoms with van der Waals surface area (Å²) in [5.41, 5.74) is 1.01. The maximum absolute atomic E-state index is 12.8. The molecule has 1 aliphatic heterocycles. The number of rotatable bonds is 4. The molecule has 2 rings (SSSR count). The maximum Gasteiger partial charge on any atom is 0.222 e. The summed E-state index contributed by atoms with van der Waals surface area (Å²) < 4.78 is 12.8. The number of halogens is 1. The Bertz CT molecular complexity index is 413. The third-order valence-electron chi connectivity index (χ3n) is 3.79. The topological polar surface area (TPSA) is 32.3 Å². The number of carbonyl (C=O) groups is 1. The number of amides is 1. The molecule has 1 amide bonds. The third kappa shape index (κ3) is 4.03. The van der Waals surface area contributed by atoms with Crippen LogP contribution in [0.25, 0.3) is 0 Å². The summed E-state index contributed by atoms with van der Waals surface area (Å²) in [4.78, 5) is 14.0. The van der Waals surface area contributed by atoms with Gasteiger partial charge >= 0.3 is 0 Å². The first-order valence-electron chi connectivity index (χ1n) is 6.87. The van der Waals surface area contributed by atoms with Gasteiger partial charge in [0.05, 0.1) is 0 Å². The van der Waals surface area contributed by atoms with E-state index in [4.69, 9.17) is 0 Å². The van der Waals surface area contributed by atoms with Gasteiger partial charge in [0, 0.05) is 19.5 Å². The van der Waals surface area contributed by atoms with Gasteiger partial charge in [0.2, 0.25) is 5.91 Å². The monoisotopic (exact) mass is 264 g/mol. The van der Waals surface area contributed by atoms with Gasteiger partial charge < -0.3 is 10.2 Å². The van der Waals surface area contributed by atoms with E-state index in [0.717, 1.165) is 31.5 Å². The Balaban J connectivity index is 1.81. The Labute approximate surface area is 113 Å². The highest BCUT2D eigenvalue weighted by Gasteiger charge is 2.21. The minimum Gasteiger partial charge on any atom is -0.343 e. The van der Waals surface area contributed by atoms with Crippen LogP contribution in [0.2, 0.25) is 0 Å². The molecule has 0 atom stereocenters. The van der Waals surface area contributed by atoms with Crippen LogP contribution < -0.4 is 5.32 Å². The quantitative estimate of drug-likeness (QED) is 0.901. The van der Waals surface area contributed by atoms with Crippen molar-refractivity contribution in [1.29, 1.82) is 0 Å². The van der Waals surface area contributed by atoms with Crippen LogP contribution >= 0.6 is 0 Å². The van der Waals surface area contributed by atoms with E-state index in [1.54, 1.807) is 12.1 Å². The van der Waals surface area contributed by atoms with Crippen molar-refractivity contribution in [2.45, 2.75) is 31.7 Å². The number of nitrogens with zero attached hydrogens (tertiary/aromatic N) is 1. The van der Waals surface area contributed by atoms with Crippen molar-refractivity contribution in [2.24, 2.45) is 0 Å². The molecule has 0 saturated carbocycles. The van der Waals surface area contributed by atoms with Crippen LogP contribution in [0.15, 0.2) is 24.3 Å². The van der Waals surface area contributed by atoms with E-state index >= 15 is 0 Å². The Kier molecular flexibility index (Phi) is 4.91. The Morgan fingerprint density at radius 2 is 1.95 bits per heavy atom. The van der Waals surface area contributed by atoms with Crippen molar-refractivity contribution in [1.82, 2.24) is 10.2 Å². The van der Waals surface area contributed by atoms with Gasteiger partial charge in [0.1, 0.15) is 5.82 Å². The molecule has 1 saturated heterocycles. The molecule has 19 heavy (non-hydrogen) atoms. The molecule has 0 aromatic heterocycles. The van der Waals surface area contributed by atoms with Crippen molar-refractivity contribution in [3.63, 3.8) is 0 Å². The van der Waals surface area contributed by atoms with Crippen LogP contribution in [0.1, 0.15) is 24.8 Å². The fourth-order valence-electron chi connectivity index (χ4n) is 2.48. The molecule has 0 spiro atoms. The van der Waals surface area contributed by atoms with Gasteiger partial charge in [-0.05, 0) is 50.0 Å². The molecular formula is C15H21FN2O. The zero-order valence-corrected chi connectivity index (χ0v) is 11.4. The van der Waals surface area contributed by atoms with Gasteiger partial charge in [-0.25, -0.2) is 4.39 Å². The van der Waals surface area contributed by atoms with Crippen molar-refractivity contribution in [3.8, 4) is 0 Å². The summed E-state index contributed by atoms with van der Waals surface area (Å²) >= 11 is 0. The molecule has 0 radical (unpaired) electrons. The zero-order valence-electron chi connectivity index (χ0n) is 11.4. The van der Waals surface area contributed by atoms with Crippen molar-refractivity contribution in [3.05, 3.63) is 35.6 Å². The maximum atomic E-state index is 12.8. The van der Waals surface area contributed by atoms with E-state index < -0.39 is 0 Å². The second-order valence-electron chi connectivity index (χ2n) is 5.11. The van der Waals surface area contributed by atoms with Crippen LogP contribution in [0.4, 0.5) is 4.39 Å². The van der Waals surface area contributed by atoms with Crippen molar-refractivity contribution < 1.29 is 9.18 Å². The third-order valence-corrected chi connectivity index (χ3v) is 3.79.